The number of anilines is 2. The van der Waals surface area contributed by atoms with Gasteiger partial charge < -0.3 is 10.1 Å². The zero-order valence-electron chi connectivity index (χ0n) is 9.52. The van der Waals surface area contributed by atoms with Crippen molar-refractivity contribution in [2.24, 2.45) is 0 Å². The highest BCUT2D eigenvalue weighted by molar-refractivity contribution is 5.69. The minimum Gasteiger partial charge on any atom is -0.488 e. The second kappa shape index (κ2) is 4.13. The third-order valence-corrected chi connectivity index (χ3v) is 2.88. The van der Waals surface area contributed by atoms with Crippen molar-refractivity contribution in [3.63, 3.8) is 0 Å². The van der Waals surface area contributed by atoms with Crippen LogP contribution in [0.2, 0.25) is 0 Å². The summed E-state index contributed by atoms with van der Waals surface area (Å²) in [7, 11) is 0. The Morgan fingerprint density at radius 3 is 2.71 bits per heavy atom. The zero-order chi connectivity index (χ0) is 11.7. The molecular formula is C15H14NO. The largest absolute Gasteiger partial charge is 0.488 e. The number of hydrogen-bond donors (Lipinski definition) is 1. The number of para-hydroxylation sites is 2. The third kappa shape index (κ3) is 1.98. The molecule has 17 heavy (non-hydrogen) atoms. The molecule has 1 unspecified atom stereocenters. The topological polar surface area (TPSA) is 21.3 Å². The SMILES string of the molecule is [CH2]C1Cc2cccc(Nc3ccccc3)c2O1. The second-order valence-corrected chi connectivity index (χ2v) is 4.23. The minimum absolute atomic E-state index is 0.0312. The molecule has 1 aliphatic rings. The monoisotopic (exact) mass is 224 g/mol. The minimum atomic E-state index is 0.0312. The van der Waals surface area contributed by atoms with Crippen molar-refractivity contribution in [1.29, 1.82) is 0 Å². The summed E-state index contributed by atoms with van der Waals surface area (Å²) in [5.41, 5.74) is 3.31. The molecule has 1 N–H and O–H groups in total. The zero-order valence-corrected chi connectivity index (χ0v) is 9.52. The Bertz CT molecular complexity index is 522. The van der Waals surface area contributed by atoms with Crippen LogP contribution < -0.4 is 10.1 Å². The van der Waals surface area contributed by atoms with Gasteiger partial charge >= 0.3 is 0 Å². The second-order valence-electron chi connectivity index (χ2n) is 4.23. The number of nitrogens with one attached hydrogen (secondary N) is 1. The Hall–Kier alpha value is -1.96. The first-order valence-corrected chi connectivity index (χ1v) is 5.76. The average Bonchev–Trinajstić information content (AvgIpc) is 2.72. The van der Waals surface area contributed by atoms with Crippen molar-refractivity contribution in [2.45, 2.75) is 12.5 Å². The van der Waals surface area contributed by atoms with Crippen LogP contribution in [0, 0.1) is 6.92 Å². The van der Waals surface area contributed by atoms with E-state index in [1.807, 2.05) is 42.5 Å². The fourth-order valence-electron chi connectivity index (χ4n) is 2.11. The molecule has 0 fully saturated rings. The molecule has 2 aromatic rings. The number of hydrogen-bond acceptors (Lipinski definition) is 2. The smallest absolute Gasteiger partial charge is 0.146 e. The molecule has 2 heteroatoms. The third-order valence-electron chi connectivity index (χ3n) is 2.88. The highest BCUT2D eigenvalue weighted by Gasteiger charge is 2.21. The van der Waals surface area contributed by atoms with Gasteiger partial charge in [0.2, 0.25) is 0 Å². The van der Waals surface area contributed by atoms with Gasteiger partial charge in [0.1, 0.15) is 11.9 Å². The van der Waals surface area contributed by atoms with Crippen LogP contribution >= 0.6 is 0 Å². The van der Waals surface area contributed by atoms with Crippen LogP contribution in [0.3, 0.4) is 0 Å². The van der Waals surface area contributed by atoms with E-state index in [4.69, 9.17) is 4.74 Å². The van der Waals surface area contributed by atoms with Gasteiger partial charge in [0.05, 0.1) is 5.69 Å². The summed E-state index contributed by atoms with van der Waals surface area (Å²) in [6, 6.07) is 16.3. The lowest BCUT2D eigenvalue weighted by molar-refractivity contribution is 0.282. The molecular weight excluding hydrogens is 210 g/mol. The first kappa shape index (κ1) is 10.2. The summed E-state index contributed by atoms with van der Waals surface area (Å²) in [5.74, 6) is 0.941. The molecule has 85 valence electrons. The van der Waals surface area contributed by atoms with Gasteiger partial charge in [0.15, 0.2) is 0 Å². The Morgan fingerprint density at radius 2 is 1.88 bits per heavy atom. The van der Waals surface area contributed by atoms with Crippen LogP contribution in [0.5, 0.6) is 5.75 Å². The van der Waals surface area contributed by atoms with Crippen LogP contribution in [0.15, 0.2) is 48.5 Å². The Morgan fingerprint density at radius 1 is 1.06 bits per heavy atom. The molecule has 2 aromatic carbocycles. The number of benzene rings is 2. The Labute approximate surface area is 101 Å². The lowest BCUT2D eigenvalue weighted by Gasteiger charge is -2.11. The Kier molecular flexibility index (Phi) is 2.48. The predicted molar refractivity (Wildman–Crippen MR) is 69.6 cm³/mol. The Balaban J connectivity index is 1.93. The van der Waals surface area contributed by atoms with Crippen molar-refractivity contribution in [1.82, 2.24) is 0 Å². The van der Waals surface area contributed by atoms with Crippen molar-refractivity contribution < 1.29 is 4.74 Å². The molecule has 0 saturated carbocycles. The highest BCUT2D eigenvalue weighted by Crippen LogP contribution is 2.37. The lowest BCUT2D eigenvalue weighted by Crippen LogP contribution is -2.06. The van der Waals surface area contributed by atoms with Gasteiger partial charge in [-0.15, -0.1) is 0 Å². The normalized spacial score (nSPS) is 17.4. The van der Waals surface area contributed by atoms with Crippen LogP contribution in [0.1, 0.15) is 5.56 Å². The van der Waals surface area contributed by atoms with Gasteiger partial charge in [-0.25, -0.2) is 0 Å². The van der Waals surface area contributed by atoms with Crippen LogP contribution in [-0.4, -0.2) is 6.10 Å². The molecule has 0 aromatic heterocycles. The summed E-state index contributed by atoms with van der Waals surface area (Å²) in [6.45, 7) is 3.95. The summed E-state index contributed by atoms with van der Waals surface area (Å²) < 4.78 is 5.74. The number of fused-ring (bicyclic) bond motifs is 1. The molecule has 1 atom stereocenters. The van der Waals surface area contributed by atoms with Gasteiger partial charge in [0, 0.05) is 12.1 Å². The quantitative estimate of drug-likeness (QED) is 0.842. The fourth-order valence-corrected chi connectivity index (χ4v) is 2.11. The lowest BCUT2D eigenvalue weighted by atomic mass is 10.1. The molecule has 1 radical (unpaired) electrons. The first-order valence-electron chi connectivity index (χ1n) is 5.76. The van der Waals surface area contributed by atoms with Gasteiger partial charge in [-0.05, 0) is 30.7 Å². The molecule has 1 heterocycles. The summed E-state index contributed by atoms with van der Waals surface area (Å²) in [5, 5.41) is 3.37. The van der Waals surface area contributed by atoms with Crippen molar-refractivity contribution in [2.75, 3.05) is 5.32 Å². The van der Waals surface area contributed by atoms with Crippen molar-refractivity contribution in [3.05, 3.63) is 61.0 Å². The van der Waals surface area contributed by atoms with Crippen LogP contribution in [0.4, 0.5) is 11.4 Å². The standard InChI is InChI=1S/C15H14NO/c1-11-10-12-6-5-9-14(15(12)17-11)16-13-7-3-2-4-8-13/h2-9,11,16H,1,10H2. The highest BCUT2D eigenvalue weighted by atomic mass is 16.5. The van der Waals surface area contributed by atoms with E-state index >= 15 is 0 Å². The van der Waals surface area contributed by atoms with Crippen LogP contribution in [-0.2, 0) is 6.42 Å². The van der Waals surface area contributed by atoms with E-state index in [-0.39, 0.29) is 6.10 Å². The summed E-state index contributed by atoms with van der Waals surface area (Å²) in [6.07, 6.45) is 0.920. The van der Waals surface area contributed by atoms with E-state index in [0.29, 0.717) is 0 Å². The molecule has 0 aliphatic carbocycles. The van der Waals surface area contributed by atoms with Gasteiger partial charge in [-0.1, -0.05) is 30.3 Å². The number of rotatable bonds is 2. The molecule has 1 aliphatic heterocycles. The molecule has 0 amide bonds. The molecule has 2 nitrogen and oxygen atoms in total. The summed E-state index contributed by atoms with van der Waals surface area (Å²) in [4.78, 5) is 0. The van der Waals surface area contributed by atoms with Crippen LogP contribution in [0.25, 0.3) is 0 Å². The van der Waals surface area contributed by atoms with Gasteiger partial charge in [-0.2, -0.15) is 0 Å². The van der Waals surface area contributed by atoms with Crippen molar-refractivity contribution >= 4 is 11.4 Å². The fraction of sp³-hybridized carbons (Fsp3) is 0.133. The van der Waals surface area contributed by atoms with E-state index in [1.54, 1.807) is 0 Å². The van der Waals surface area contributed by atoms with E-state index < -0.39 is 0 Å². The maximum Gasteiger partial charge on any atom is 0.146 e. The predicted octanol–water partition coefficient (Wildman–Crippen LogP) is 3.57. The first-order chi connectivity index (χ1) is 8.33. The van der Waals surface area contributed by atoms with E-state index in [0.717, 1.165) is 23.5 Å². The maximum absolute atomic E-state index is 5.74. The molecule has 3 rings (SSSR count). The van der Waals surface area contributed by atoms with E-state index in [2.05, 4.69) is 18.3 Å². The van der Waals surface area contributed by atoms with E-state index in [1.165, 1.54) is 5.56 Å². The number of ether oxygens (including phenoxy) is 1. The van der Waals surface area contributed by atoms with Gasteiger partial charge in [-0.3, -0.25) is 0 Å². The van der Waals surface area contributed by atoms with E-state index in [9.17, 15) is 0 Å². The van der Waals surface area contributed by atoms with Gasteiger partial charge in [0.25, 0.3) is 0 Å². The maximum atomic E-state index is 5.74. The molecule has 0 spiro atoms. The van der Waals surface area contributed by atoms with Crippen molar-refractivity contribution in [3.8, 4) is 5.75 Å². The molecule has 0 saturated heterocycles. The average molecular weight is 224 g/mol. The summed E-state index contributed by atoms with van der Waals surface area (Å²) >= 11 is 0. The molecule has 0 bridgehead atoms.